The average Bonchev–Trinajstić information content (AvgIpc) is 2.86. The van der Waals surface area contributed by atoms with E-state index in [0.717, 1.165) is 5.69 Å². The molecule has 1 aromatic rings. The van der Waals surface area contributed by atoms with E-state index in [4.69, 9.17) is 5.11 Å². The molecule has 1 aliphatic carbocycles. The van der Waals surface area contributed by atoms with Gasteiger partial charge >= 0.3 is 12.0 Å². The molecule has 1 saturated carbocycles. The number of urea groups is 1. The second kappa shape index (κ2) is 6.17. The second-order valence-corrected chi connectivity index (χ2v) is 4.69. The number of rotatable bonds is 4. The van der Waals surface area contributed by atoms with Crippen molar-refractivity contribution in [2.24, 2.45) is 5.92 Å². The van der Waals surface area contributed by atoms with Crippen LogP contribution in [-0.2, 0) is 11.3 Å². The van der Waals surface area contributed by atoms with Gasteiger partial charge in [0.05, 0.1) is 18.2 Å². The molecule has 1 fully saturated rings. The van der Waals surface area contributed by atoms with Crippen LogP contribution >= 0.6 is 0 Å². The number of nitrogens with one attached hydrogen (secondary N) is 2. The van der Waals surface area contributed by atoms with Gasteiger partial charge in [-0.1, -0.05) is 6.07 Å². The van der Waals surface area contributed by atoms with Crippen LogP contribution in [0.5, 0.6) is 0 Å². The molecule has 0 bridgehead atoms. The summed E-state index contributed by atoms with van der Waals surface area (Å²) < 4.78 is 0. The Bertz CT molecular complexity index is 450. The highest BCUT2D eigenvalue weighted by molar-refractivity contribution is 5.75. The molecule has 0 aromatic carbocycles. The third-order valence-electron chi connectivity index (χ3n) is 3.27. The largest absolute Gasteiger partial charge is 0.481 e. The molecular formula is C13H17N3O3. The average molecular weight is 263 g/mol. The molecule has 0 saturated heterocycles. The van der Waals surface area contributed by atoms with Crippen LogP contribution in [0, 0.1) is 5.92 Å². The van der Waals surface area contributed by atoms with Crippen LogP contribution in [0.4, 0.5) is 4.79 Å². The fourth-order valence-corrected chi connectivity index (χ4v) is 2.25. The normalized spacial score (nSPS) is 21.9. The van der Waals surface area contributed by atoms with Crippen molar-refractivity contribution in [1.29, 1.82) is 0 Å². The number of amides is 2. The van der Waals surface area contributed by atoms with Gasteiger partial charge in [-0.25, -0.2) is 4.79 Å². The Morgan fingerprint density at radius 2 is 2.21 bits per heavy atom. The van der Waals surface area contributed by atoms with E-state index in [2.05, 4.69) is 15.6 Å². The predicted molar refractivity (Wildman–Crippen MR) is 68.4 cm³/mol. The number of aromatic nitrogens is 1. The van der Waals surface area contributed by atoms with Crippen LogP contribution in [0.3, 0.4) is 0 Å². The van der Waals surface area contributed by atoms with Crippen LogP contribution in [0.15, 0.2) is 24.4 Å². The summed E-state index contributed by atoms with van der Waals surface area (Å²) in [5.41, 5.74) is 0.785. The van der Waals surface area contributed by atoms with Crippen LogP contribution in [0.2, 0.25) is 0 Å². The van der Waals surface area contributed by atoms with Crippen LogP contribution in [-0.4, -0.2) is 28.1 Å². The van der Waals surface area contributed by atoms with Crippen molar-refractivity contribution in [3.05, 3.63) is 30.1 Å². The summed E-state index contributed by atoms with van der Waals surface area (Å²) in [7, 11) is 0. The van der Waals surface area contributed by atoms with Crippen LogP contribution in [0.25, 0.3) is 0 Å². The smallest absolute Gasteiger partial charge is 0.315 e. The first-order chi connectivity index (χ1) is 9.15. The lowest BCUT2D eigenvalue weighted by Gasteiger charge is -2.13. The molecule has 3 N–H and O–H groups in total. The summed E-state index contributed by atoms with van der Waals surface area (Å²) >= 11 is 0. The quantitative estimate of drug-likeness (QED) is 0.759. The van der Waals surface area contributed by atoms with Gasteiger partial charge in [0.15, 0.2) is 0 Å². The molecule has 0 aliphatic heterocycles. The molecule has 0 unspecified atom stereocenters. The van der Waals surface area contributed by atoms with Crippen molar-refractivity contribution < 1.29 is 14.7 Å². The summed E-state index contributed by atoms with van der Waals surface area (Å²) in [5.74, 6) is -1.11. The molecule has 102 valence electrons. The van der Waals surface area contributed by atoms with Gasteiger partial charge in [-0.15, -0.1) is 0 Å². The van der Waals surface area contributed by atoms with E-state index in [-0.39, 0.29) is 18.0 Å². The number of pyridine rings is 1. The van der Waals surface area contributed by atoms with Crippen molar-refractivity contribution in [2.75, 3.05) is 0 Å². The number of nitrogens with zero attached hydrogens (tertiary/aromatic N) is 1. The molecule has 1 heterocycles. The number of carboxylic acid groups (broad SMARTS) is 1. The van der Waals surface area contributed by atoms with E-state index in [1.807, 2.05) is 18.2 Å². The molecule has 2 amide bonds. The minimum absolute atomic E-state index is 0.0511. The maximum atomic E-state index is 11.7. The molecule has 0 spiro atoms. The SMILES string of the molecule is O=C(NCc1ccccn1)N[C@H]1CC[C@@H](C(=O)O)C1. The first kappa shape index (κ1) is 13.3. The number of carboxylic acids is 1. The van der Waals surface area contributed by atoms with Crippen LogP contribution in [0.1, 0.15) is 25.0 Å². The van der Waals surface area contributed by atoms with Gasteiger partial charge in [-0.05, 0) is 31.4 Å². The highest BCUT2D eigenvalue weighted by Gasteiger charge is 2.30. The Morgan fingerprint density at radius 3 is 2.84 bits per heavy atom. The summed E-state index contributed by atoms with van der Waals surface area (Å²) in [6.07, 6.45) is 3.52. The van der Waals surface area contributed by atoms with Gasteiger partial charge < -0.3 is 15.7 Å². The zero-order valence-corrected chi connectivity index (χ0v) is 10.5. The van der Waals surface area contributed by atoms with E-state index in [0.29, 0.717) is 25.8 Å². The molecule has 6 heteroatoms. The monoisotopic (exact) mass is 263 g/mol. The Morgan fingerprint density at radius 1 is 1.37 bits per heavy atom. The lowest BCUT2D eigenvalue weighted by Crippen LogP contribution is -2.41. The van der Waals surface area contributed by atoms with E-state index in [9.17, 15) is 9.59 Å². The third-order valence-corrected chi connectivity index (χ3v) is 3.27. The Balaban J connectivity index is 1.72. The minimum Gasteiger partial charge on any atom is -0.481 e. The number of carbonyl (C=O) groups is 2. The fourth-order valence-electron chi connectivity index (χ4n) is 2.25. The summed E-state index contributed by atoms with van der Waals surface area (Å²) in [6.45, 7) is 0.363. The first-order valence-electron chi connectivity index (χ1n) is 6.32. The molecule has 2 atom stereocenters. The highest BCUT2D eigenvalue weighted by atomic mass is 16.4. The highest BCUT2D eigenvalue weighted by Crippen LogP contribution is 2.25. The van der Waals surface area contributed by atoms with E-state index in [1.54, 1.807) is 6.20 Å². The van der Waals surface area contributed by atoms with Crippen molar-refractivity contribution in [1.82, 2.24) is 15.6 Å². The summed E-state index contributed by atoms with van der Waals surface area (Å²) in [6, 6.07) is 5.17. The topological polar surface area (TPSA) is 91.3 Å². The van der Waals surface area contributed by atoms with E-state index in [1.165, 1.54) is 0 Å². The predicted octanol–water partition coefficient (Wildman–Crippen LogP) is 1.13. The zero-order valence-electron chi connectivity index (χ0n) is 10.5. The fraction of sp³-hybridized carbons (Fsp3) is 0.462. The van der Waals surface area contributed by atoms with Gasteiger partial charge in [0, 0.05) is 12.2 Å². The minimum atomic E-state index is -0.779. The Hall–Kier alpha value is -2.11. The first-order valence-corrected chi connectivity index (χ1v) is 6.32. The van der Waals surface area contributed by atoms with Crippen molar-refractivity contribution >= 4 is 12.0 Å². The van der Waals surface area contributed by atoms with E-state index >= 15 is 0 Å². The molecule has 6 nitrogen and oxygen atoms in total. The van der Waals surface area contributed by atoms with Gasteiger partial charge in [-0.3, -0.25) is 9.78 Å². The summed E-state index contributed by atoms with van der Waals surface area (Å²) in [5, 5.41) is 14.4. The van der Waals surface area contributed by atoms with Gasteiger partial charge in [0.2, 0.25) is 0 Å². The molecule has 1 aliphatic rings. The van der Waals surface area contributed by atoms with Crippen molar-refractivity contribution in [3.8, 4) is 0 Å². The molecular weight excluding hydrogens is 246 g/mol. The van der Waals surface area contributed by atoms with E-state index < -0.39 is 5.97 Å². The van der Waals surface area contributed by atoms with Gasteiger partial charge in [0.25, 0.3) is 0 Å². The Kier molecular flexibility index (Phi) is 4.33. The molecule has 2 rings (SSSR count). The lowest BCUT2D eigenvalue weighted by atomic mass is 10.1. The molecule has 1 aromatic heterocycles. The summed E-state index contributed by atoms with van der Waals surface area (Å²) in [4.78, 5) is 26.6. The maximum Gasteiger partial charge on any atom is 0.315 e. The molecule has 19 heavy (non-hydrogen) atoms. The lowest BCUT2D eigenvalue weighted by molar-refractivity contribution is -0.141. The number of hydrogen-bond donors (Lipinski definition) is 3. The zero-order chi connectivity index (χ0) is 13.7. The van der Waals surface area contributed by atoms with Crippen LogP contribution < -0.4 is 10.6 Å². The van der Waals surface area contributed by atoms with Crippen molar-refractivity contribution in [3.63, 3.8) is 0 Å². The third kappa shape index (κ3) is 3.94. The number of aliphatic carboxylic acids is 1. The Labute approximate surface area is 111 Å². The standard InChI is InChI=1S/C13H17N3O3/c17-12(18)9-4-5-10(7-9)16-13(19)15-8-11-3-1-2-6-14-11/h1-3,6,9-10H,4-5,7-8H2,(H,17,18)(H2,15,16,19)/t9-,10+/m1/s1. The number of hydrogen-bond acceptors (Lipinski definition) is 3. The number of carbonyl (C=O) groups excluding carboxylic acids is 1. The van der Waals surface area contributed by atoms with Crippen molar-refractivity contribution in [2.45, 2.75) is 31.8 Å². The van der Waals surface area contributed by atoms with Gasteiger partial charge in [0.1, 0.15) is 0 Å². The maximum absolute atomic E-state index is 11.7. The molecule has 0 radical (unpaired) electrons. The van der Waals surface area contributed by atoms with Gasteiger partial charge in [-0.2, -0.15) is 0 Å². The second-order valence-electron chi connectivity index (χ2n) is 4.69.